The Hall–Kier alpha value is -2.26. The summed E-state index contributed by atoms with van der Waals surface area (Å²) in [6, 6.07) is 5.14. The topological polar surface area (TPSA) is 89.3 Å². The second-order valence-electron chi connectivity index (χ2n) is 4.10. The van der Waals surface area contributed by atoms with Crippen LogP contribution in [-0.4, -0.2) is 13.3 Å². The number of halogens is 3. The maximum absolute atomic E-state index is 13.2. The molecule has 22 heavy (non-hydrogen) atoms. The summed E-state index contributed by atoms with van der Waals surface area (Å²) < 4.78 is 52.4. The highest BCUT2D eigenvalue weighted by molar-refractivity contribution is 7.92. The van der Waals surface area contributed by atoms with E-state index in [0.717, 1.165) is 36.4 Å². The number of nitro benzene ring substituents is 1. The fraction of sp³-hybridized carbons (Fsp3) is 0. The Labute approximate surface area is 128 Å². The first-order chi connectivity index (χ1) is 10.2. The molecule has 6 nitrogen and oxygen atoms in total. The van der Waals surface area contributed by atoms with E-state index >= 15 is 0 Å². The zero-order valence-corrected chi connectivity index (χ0v) is 12.2. The first-order valence-electron chi connectivity index (χ1n) is 5.62. The van der Waals surface area contributed by atoms with Gasteiger partial charge in [0, 0.05) is 6.07 Å². The van der Waals surface area contributed by atoms with Gasteiger partial charge in [0.15, 0.2) is 0 Å². The molecular weight excluding hydrogens is 342 g/mol. The maximum Gasteiger partial charge on any atom is 0.306 e. The summed E-state index contributed by atoms with van der Waals surface area (Å²) >= 11 is 5.66. The van der Waals surface area contributed by atoms with Crippen LogP contribution < -0.4 is 4.72 Å². The molecule has 2 rings (SSSR count). The van der Waals surface area contributed by atoms with Crippen molar-refractivity contribution >= 4 is 33.0 Å². The van der Waals surface area contributed by atoms with Crippen LogP contribution in [0.4, 0.5) is 20.2 Å². The fourth-order valence-electron chi connectivity index (χ4n) is 1.62. The van der Waals surface area contributed by atoms with Crippen molar-refractivity contribution in [3.05, 3.63) is 63.2 Å². The lowest BCUT2D eigenvalue weighted by Gasteiger charge is -2.09. The van der Waals surface area contributed by atoms with Gasteiger partial charge >= 0.3 is 5.69 Å². The van der Waals surface area contributed by atoms with Gasteiger partial charge in [0.2, 0.25) is 5.82 Å². The highest BCUT2D eigenvalue weighted by atomic mass is 35.5. The number of nitro groups is 1. The smallest absolute Gasteiger partial charge is 0.279 e. The number of anilines is 1. The summed E-state index contributed by atoms with van der Waals surface area (Å²) in [5, 5.41) is 10.3. The van der Waals surface area contributed by atoms with E-state index in [0.29, 0.717) is 0 Å². The molecule has 0 bridgehead atoms. The Bertz CT molecular complexity index is 858. The van der Waals surface area contributed by atoms with Crippen molar-refractivity contribution in [2.24, 2.45) is 0 Å². The standard InChI is InChI=1S/C12H7ClF2N2O4S/c13-9-5-7(14)1-4-12(9)22(20,21)16-8-2-3-10(15)11(6-8)17(18)19/h1-6,16H. The molecule has 0 unspecified atom stereocenters. The Balaban J connectivity index is 2.41. The van der Waals surface area contributed by atoms with Crippen LogP contribution >= 0.6 is 11.6 Å². The molecule has 0 heterocycles. The van der Waals surface area contributed by atoms with Gasteiger partial charge in [0.25, 0.3) is 10.0 Å². The number of nitrogens with one attached hydrogen (secondary N) is 1. The summed E-state index contributed by atoms with van der Waals surface area (Å²) in [6.45, 7) is 0. The molecule has 2 aromatic rings. The van der Waals surface area contributed by atoms with Crippen molar-refractivity contribution in [1.29, 1.82) is 0 Å². The maximum atomic E-state index is 13.2. The summed E-state index contributed by atoms with van der Waals surface area (Å²) in [5.41, 5.74) is -1.11. The van der Waals surface area contributed by atoms with E-state index in [1.165, 1.54) is 0 Å². The molecule has 116 valence electrons. The Morgan fingerprint density at radius 3 is 2.41 bits per heavy atom. The Morgan fingerprint density at radius 2 is 1.82 bits per heavy atom. The summed E-state index contributed by atoms with van der Waals surface area (Å²) in [4.78, 5) is 9.22. The lowest BCUT2D eigenvalue weighted by molar-refractivity contribution is -0.387. The van der Waals surface area contributed by atoms with E-state index in [9.17, 15) is 27.3 Å². The number of sulfonamides is 1. The second-order valence-corrected chi connectivity index (χ2v) is 6.16. The van der Waals surface area contributed by atoms with Crippen molar-refractivity contribution in [2.75, 3.05) is 4.72 Å². The van der Waals surface area contributed by atoms with E-state index in [-0.39, 0.29) is 10.7 Å². The van der Waals surface area contributed by atoms with Crippen molar-refractivity contribution in [3.8, 4) is 0 Å². The van der Waals surface area contributed by atoms with Crippen LogP contribution in [0.5, 0.6) is 0 Å². The third-order valence-corrected chi connectivity index (χ3v) is 4.44. The molecule has 0 saturated heterocycles. The highest BCUT2D eigenvalue weighted by Gasteiger charge is 2.21. The van der Waals surface area contributed by atoms with Gasteiger partial charge in [-0.3, -0.25) is 14.8 Å². The Morgan fingerprint density at radius 1 is 1.14 bits per heavy atom. The quantitative estimate of drug-likeness (QED) is 0.678. The average molecular weight is 349 g/mol. The van der Waals surface area contributed by atoms with E-state index in [1.807, 2.05) is 4.72 Å². The number of nitrogens with zero attached hydrogens (tertiary/aromatic N) is 1. The van der Waals surface area contributed by atoms with Crippen LogP contribution in [0, 0.1) is 21.7 Å². The largest absolute Gasteiger partial charge is 0.306 e. The van der Waals surface area contributed by atoms with E-state index < -0.39 is 37.2 Å². The van der Waals surface area contributed by atoms with Crippen LogP contribution in [0.15, 0.2) is 41.3 Å². The molecule has 0 aliphatic rings. The SMILES string of the molecule is O=[N+]([O-])c1cc(NS(=O)(=O)c2ccc(F)cc2Cl)ccc1F. The van der Waals surface area contributed by atoms with Gasteiger partial charge in [-0.2, -0.15) is 4.39 Å². The molecule has 2 aromatic carbocycles. The van der Waals surface area contributed by atoms with E-state index in [1.54, 1.807) is 0 Å². The van der Waals surface area contributed by atoms with Gasteiger partial charge in [0.05, 0.1) is 15.6 Å². The van der Waals surface area contributed by atoms with Gasteiger partial charge in [-0.25, -0.2) is 12.8 Å². The number of hydrogen-bond acceptors (Lipinski definition) is 4. The molecule has 1 N–H and O–H groups in total. The highest BCUT2D eigenvalue weighted by Crippen LogP contribution is 2.27. The molecule has 0 radical (unpaired) electrons. The molecule has 0 spiro atoms. The molecular formula is C12H7ClF2N2O4S. The van der Waals surface area contributed by atoms with Crippen molar-refractivity contribution < 1.29 is 22.1 Å². The lowest BCUT2D eigenvalue weighted by atomic mass is 10.3. The molecule has 0 atom stereocenters. The van der Waals surface area contributed by atoms with Gasteiger partial charge in [0.1, 0.15) is 10.7 Å². The molecule has 0 aliphatic carbocycles. The van der Waals surface area contributed by atoms with Gasteiger partial charge < -0.3 is 0 Å². The van der Waals surface area contributed by atoms with Crippen molar-refractivity contribution in [1.82, 2.24) is 0 Å². The molecule has 0 saturated carbocycles. The van der Waals surface area contributed by atoms with Crippen LogP contribution in [-0.2, 0) is 10.0 Å². The minimum atomic E-state index is -4.21. The van der Waals surface area contributed by atoms with Crippen LogP contribution in [0.2, 0.25) is 5.02 Å². The zero-order chi connectivity index (χ0) is 16.5. The summed E-state index contributed by atoms with van der Waals surface area (Å²) in [7, 11) is -4.21. The third kappa shape index (κ3) is 3.31. The summed E-state index contributed by atoms with van der Waals surface area (Å²) in [6.07, 6.45) is 0. The minimum Gasteiger partial charge on any atom is -0.279 e. The first kappa shape index (κ1) is 16.1. The molecule has 0 fully saturated rings. The van der Waals surface area contributed by atoms with E-state index in [4.69, 9.17) is 11.6 Å². The van der Waals surface area contributed by atoms with Gasteiger partial charge in [-0.15, -0.1) is 0 Å². The predicted octanol–water partition coefficient (Wildman–Crippen LogP) is 3.33. The zero-order valence-electron chi connectivity index (χ0n) is 10.6. The third-order valence-electron chi connectivity index (χ3n) is 2.58. The molecule has 10 heteroatoms. The minimum absolute atomic E-state index is 0.228. The number of benzene rings is 2. The lowest BCUT2D eigenvalue weighted by Crippen LogP contribution is -2.14. The normalized spacial score (nSPS) is 11.2. The average Bonchev–Trinajstić information content (AvgIpc) is 2.39. The molecule has 0 amide bonds. The monoisotopic (exact) mass is 348 g/mol. The number of hydrogen-bond donors (Lipinski definition) is 1. The number of rotatable bonds is 4. The first-order valence-corrected chi connectivity index (χ1v) is 7.48. The predicted molar refractivity (Wildman–Crippen MR) is 75.3 cm³/mol. The van der Waals surface area contributed by atoms with Crippen molar-refractivity contribution in [3.63, 3.8) is 0 Å². The van der Waals surface area contributed by atoms with Crippen LogP contribution in [0.1, 0.15) is 0 Å². The second kappa shape index (κ2) is 5.85. The van der Waals surface area contributed by atoms with Crippen LogP contribution in [0.3, 0.4) is 0 Å². The van der Waals surface area contributed by atoms with Crippen LogP contribution in [0.25, 0.3) is 0 Å². The van der Waals surface area contributed by atoms with Gasteiger partial charge in [-0.05, 0) is 30.3 Å². The van der Waals surface area contributed by atoms with Crippen molar-refractivity contribution in [2.45, 2.75) is 4.90 Å². The summed E-state index contributed by atoms with van der Waals surface area (Å²) in [5.74, 6) is -1.82. The molecule has 0 aliphatic heterocycles. The van der Waals surface area contributed by atoms with Gasteiger partial charge in [-0.1, -0.05) is 11.6 Å². The fourth-order valence-corrected chi connectivity index (χ4v) is 3.20. The molecule has 0 aromatic heterocycles. The Kier molecular flexibility index (Phi) is 4.29. The van der Waals surface area contributed by atoms with E-state index in [2.05, 4.69) is 0 Å².